The summed E-state index contributed by atoms with van der Waals surface area (Å²) in [6.45, 7) is 2.76. The van der Waals surface area contributed by atoms with E-state index in [9.17, 15) is 0 Å². The van der Waals surface area contributed by atoms with Crippen LogP contribution in [0.1, 0.15) is 0 Å². The molecule has 1 unspecified atom stereocenters. The number of aromatic nitrogens is 5. The summed E-state index contributed by atoms with van der Waals surface area (Å²) in [4.78, 5) is 13.3. The quantitative estimate of drug-likeness (QED) is 0.758. The highest BCUT2D eigenvalue weighted by Crippen LogP contribution is 2.26. The molecule has 1 aliphatic heterocycles. The van der Waals surface area contributed by atoms with E-state index in [1.54, 1.807) is 23.3 Å². The molecule has 1 fully saturated rings. The smallest absolute Gasteiger partial charge is 0.242 e. The molecule has 0 saturated carbocycles. The fraction of sp³-hybridized carbons (Fsp3) is 0.375. The summed E-state index contributed by atoms with van der Waals surface area (Å²) in [5, 5.41) is 7.48. The Morgan fingerprint density at radius 3 is 3.08 bits per heavy atom. The normalized spacial score (nSPS) is 18.0. The van der Waals surface area contributed by atoms with Crippen LogP contribution in [0.15, 0.2) is 30.9 Å². The van der Waals surface area contributed by atoms with Gasteiger partial charge in [-0.2, -0.15) is 5.10 Å². The van der Waals surface area contributed by atoms with Gasteiger partial charge in [-0.3, -0.25) is 9.67 Å². The van der Waals surface area contributed by atoms with E-state index < -0.39 is 0 Å². The molecule has 0 aliphatic carbocycles. The summed E-state index contributed by atoms with van der Waals surface area (Å²) in [5.41, 5.74) is 3.05. The van der Waals surface area contributed by atoms with Crippen LogP contribution in [-0.4, -0.2) is 57.1 Å². The Bertz CT molecular complexity index is 843. The number of aryl methyl sites for hydroxylation is 1. The van der Waals surface area contributed by atoms with E-state index in [1.165, 1.54) is 0 Å². The van der Waals surface area contributed by atoms with Crippen molar-refractivity contribution in [2.45, 2.75) is 6.10 Å². The Balaban J connectivity index is 1.66. The van der Waals surface area contributed by atoms with E-state index in [0.29, 0.717) is 24.6 Å². The van der Waals surface area contributed by atoms with Crippen molar-refractivity contribution in [2.24, 2.45) is 7.05 Å². The van der Waals surface area contributed by atoms with Crippen LogP contribution in [-0.2, 0) is 11.8 Å². The molecule has 3 aromatic rings. The lowest BCUT2D eigenvalue weighted by Crippen LogP contribution is -2.41. The third kappa shape index (κ3) is 3.06. The fourth-order valence-corrected chi connectivity index (χ4v) is 2.64. The molecule has 8 nitrogen and oxygen atoms in total. The summed E-state index contributed by atoms with van der Waals surface area (Å²) in [7, 11) is 1.87. The fourth-order valence-electron chi connectivity index (χ4n) is 2.64. The first-order chi connectivity index (χ1) is 11.8. The van der Waals surface area contributed by atoms with Crippen molar-refractivity contribution >= 4 is 11.0 Å². The second-order valence-electron chi connectivity index (χ2n) is 5.65. The predicted octanol–water partition coefficient (Wildman–Crippen LogP) is 0.792. The number of rotatable bonds is 4. The van der Waals surface area contributed by atoms with Gasteiger partial charge >= 0.3 is 0 Å². The van der Waals surface area contributed by atoms with Crippen molar-refractivity contribution < 1.29 is 9.47 Å². The van der Waals surface area contributed by atoms with Crippen molar-refractivity contribution in [1.82, 2.24) is 30.0 Å². The van der Waals surface area contributed by atoms with Crippen LogP contribution in [0, 0.1) is 0 Å². The van der Waals surface area contributed by atoms with Gasteiger partial charge in [-0.15, -0.1) is 0 Å². The third-order valence-corrected chi connectivity index (χ3v) is 3.84. The van der Waals surface area contributed by atoms with Crippen molar-refractivity contribution in [3.05, 3.63) is 30.9 Å². The van der Waals surface area contributed by atoms with E-state index >= 15 is 0 Å². The first-order valence-electron chi connectivity index (χ1n) is 7.85. The van der Waals surface area contributed by atoms with Gasteiger partial charge in [0.15, 0.2) is 5.52 Å². The molecule has 0 amide bonds. The number of hydrogen-bond donors (Lipinski definition) is 1. The molecular formula is C16H18N6O2. The topological polar surface area (TPSA) is 87.0 Å². The third-order valence-electron chi connectivity index (χ3n) is 3.84. The van der Waals surface area contributed by atoms with Crippen LogP contribution < -0.4 is 10.1 Å². The highest BCUT2D eigenvalue weighted by Gasteiger charge is 2.17. The second kappa shape index (κ2) is 6.50. The van der Waals surface area contributed by atoms with Gasteiger partial charge in [0.05, 0.1) is 24.0 Å². The van der Waals surface area contributed by atoms with Gasteiger partial charge in [-0.1, -0.05) is 0 Å². The van der Waals surface area contributed by atoms with Crippen LogP contribution in [0.3, 0.4) is 0 Å². The lowest BCUT2D eigenvalue weighted by molar-refractivity contribution is -0.000407. The van der Waals surface area contributed by atoms with Gasteiger partial charge in [0.25, 0.3) is 0 Å². The SMILES string of the molecule is Cn1cc(-c2cc3nccnc3c(OCC3CNCCO3)n2)cn1. The van der Waals surface area contributed by atoms with Gasteiger partial charge < -0.3 is 14.8 Å². The second-order valence-corrected chi connectivity index (χ2v) is 5.65. The molecule has 0 spiro atoms. The van der Waals surface area contributed by atoms with Crippen LogP contribution >= 0.6 is 0 Å². The van der Waals surface area contributed by atoms with E-state index in [2.05, 4.69) is 25.4 Å². The maximum Gasteiger partial charge on any atom is 0.242 e. The molecule has 124 valence electrons. The molecule has 0 aromatic carbocycles. The maximum atomic E-state index is 5.92. The number of hydrogen-bond acceptors (Lipinski definition) is 7. The minimum Gasteiger partial charge on any atom is -0.473 e. The highest BCUT2D eigenvalue weighted by molar-refractivity contribution is 5.83. The number of ether oxygens (including phenoxy) is 2. The molecule has 0 bridgehead atoms. The van der Waals surface area contributed by atoms with Gasteiger partial charge in [-0.25, -0.2) is 9.97 Å². The molecular weight excluding hydrogens is 308 g/mol. The van der Waals surface area contributed by atoms with Crippen LogP contribution in [0.5, 0.6) is 5.88 Å². The molecule has 8 heteroatoms. The van der Waals surface area contributed by atoms with Gasteiger partial charge in [-0.05, 0) is 6.07 Å². The zero-order chi connectivity index (χ0) is 16.4. The number of nitrogens with zero attached hydrogens (tertiary/aromatic N) is 5. The first-order valence-corrected chi connectivity index (χ1v) is 7.85. The summed E-state index contributed by atoms with van der Waals surface area (Å²) < 4.78 is 13.3. The maximum absolute atomic E-state index is 5.92. The molecule has 24 heavy (non-hydrogen) atoms. The Morgan fingerprint density at radius 2 is 2.29 bits per heavy atom. The molecule has 1 saturated heterocycles. The summed E-state index contributed by atoms with van der Waals surface area (Å²) in [5.74, 6) is 0.466. The Labute approximate surface area is 138 Å². The summed E-state index contributed by atoms with van der Waals surface area (Å²) in [6.07, 6.45) is 6.98. The highest BCUT2D eigenvalue weighted by atomic mass is 16.5. The summed E-state index contributed by atoms with van der Waals surface area (Å²) >= 11 is 0. The van der Waals surface area contributed by atoms with Crippen molar-refractivity contribution in [2.75, 3.05) is 26.3 Å². The standard InChI is InChI=1S/C16H18N6O2/c1-22-9-11(7-20-22)13-6-14-15(19-3-2-18-14)16(21-13)24-10-12-8-17-4-5-23-12/h2-3,6-7,9,12,17H,4-5,8,10H2,1H3. The Kier molecular flexibility index (Phi) is 4.06. The Hall–Kier alpha value is -2.58. The van der Waals surface area contributed by atoms with Gasteiger partial charge in [0.1, 0.15) is 12.7 Å². The van der Waals surface area contributed by atoms with Crippen molar-refractivity contribution in [3.63, 3.8) is 0 Å². The van der Waals surface area contributed by atoms with Crippen LogP contribution in [0.4, 0.5) is 0 Å². The monoisotopic (exact) mass is 326 g/mol. The van der Waals surface area contributed by atoms with E-state index in [1.807, 2.05) is 19.3 Å². The molecule has 3 aromatic heterocycles. The van der Waals surface area contributed by atoms with E-state index in [4.69, 9.17) is 9.47 Å². The van der Waals surface area contributed by atoms with E-state index in [-0.39, 0.29) is 6.10 Å². The number of nitrogens with one attached hydrogen (secondary N) is 1. The molecule has 0 radical (unpaired) electrons. The zero-order valence-electron chi connectivity index (χ0n) is 13.3. The van der Waals surface area contributed by atoms with Crippen LogP contribution in [0.25, 0.3) is 22.3 Å². The molecule has 1 aliphatic rings. The van der Waals surface area contributed by atoms with Crippen molar-refractivity contribution in [1.29, 1.82) is 0 Å². The van der Waals surface area contributed by atoms with Crippen molar-refractivity contribution in [3.8, 4) is 17.1 Å². The largest absolute Gasteiger partial charge is 0.473 e. The zero-order valence-corrected chi connectivity index (χ0v) is 13.3. The lowest BCUT2D eigenvalue weighted by atomic mass is 10.2. The predicted molar refractivity (Wildman–Crippen MR) is 87.6 cm³/mol. The molecule has 4 heterocycles. The van der Waals surface area contributed by atoms with Gasteiger partial charge in [0, 0.05) is 44.3 Å². The first kappa shape index (κ1) is 15.0. The molecule has 1 atom stereocenters. The van der Waals surface area contributed by atoms with E-state index in [0.717, 1.165) is 29.9 Å². The summed E-state index contributed by atoms with van der Waals surface area (Å²) in [6, 6.07) is 1.89. The van der Waals surface area contributed by atoms with Gasteiger partial charge in [0.2, 0.25) is 5.88 Å². The number of fused-ring (bicyclic) bond motifs is 1. The lowest BCUT2D eigenvalue weighted by Gasteiger charge is -2.23. The average molecular weight is 326 g/mol. The average Bonchev–Trinajstić information content (AvgIpc) is 3.07. The number of pyridine rings is 1. The molecule has 4 rings (SSSR count). The Morgan fingerprint density at radius 1 is 1.38 bits per heavy atom. The number of morpholine rings is 1. The minimum atomic E-state index is 0.00863. The minimum absolute atomic E-state index is 0.00863. The van der Waals surface area contributed by atoms with Crippen LogP contribution in [0.2, 0.25) is 0 Å². The molecule has 1 N–H and O–H groups in total.